The van der Waals surface area contributed by atoms with Crippen molar-refractivity contribution in [1.29, 1.82) is 0 Å². The Morgan fingerprint density at radius 2 is 2.25 bits per heavy atom. The van der Waals surface area contributed by atoms with Crippen molar-refractivity contribution in [3.63, 3.8) is 0 Å². The number of fused-ring (bicyclic) bond motifs is 1. The van der Waals surface area contributed by atoms with Gasteiger partial charge < -0.3 is 14.7 Å². The van der Waals surface area contributed by atoms with E-state index >= 15 is 0 Å². The van der Waals surface area contributed by atoms with Gasteiger partial charge >= 0.3 is 0 Å². The number of alkyl halides is 1. The van der Waals surface area contributed by atoms with Crippen molar-refractivity contribution in [1.82, 2.24) is 19.5 Å². The molecular weight excluding hydrogens is 265 g/mol. The highest BCUT2D eigenvalue weighted by molar-refractivity contribution is 5.83. The molecule has 108 valence electrons. The van der Waals surface area contributed by atoms with E-state index in [2.05, 4.69) is 15.0 Å². The Morgan fingerprint density at radius 1 is 1.45 bits per heavy atom. The Bertz CT molecular complexity index is 617. The van der Waals surface area contributed by atoms with E-state index in [0.29, 0.717) is 17.0 Å². The van der Waals surface area contributed by atoms with Gasteiger partial charge in [0.2, 0.25) is 0 Å². The molecule has 1 fully saturated rings. The number of nitrogens with zero attached hydrogens (tertiary/aromatic N) is 5. The summed E-state index contributed by atoms with van der Waals surface area (Å²) in [5.41, 5.74) is 1.24. The Balaban J connectivity index is 2.00. The third-order valence-electron chi connectivity index (χ3n) is 3.42. The van der Waals surface area contributed by atoms with Crippen LogP contribution in [0.5, 0.6) is 0 Å². The fraction of sp³-hybridized carbons (Fsp3) is 0.583. The molecule has 0 radical (unpaired) electrons. The van der Waals surface area contributed by atoms with Gasteiger partial charge in [-0.2, -0.15) is 0 Å². The third kappa shape index (κ3) is 2.01. The summed E-state index contributed by atoms with van der Waals surface area (Å²) in [6.07, 6.45) is 0.727. The average molecular weight is 281 g/mol. The highest BCUT2D eigenvalue weighted by Crippen LogP contribution is 2.33. The van der Waals surface area contributed by atoms with Crippen molar-refractivity contribution in [2.24, 2.45) is 0 Å². The molecule has 1 N–H and O–H groups in total. The monoisotopic (exact) mass is 281 g/mol. The van der Waals surface area contributed by atoms with E-state index in [9.17, 15) is 4.39 Å². The van der Waals surface area contributed by atoms with Crippen LogP contribution in [0.25, 0.3) is 11.2 Å². The first-order chi connectivity index (χ1) is 9.61. The van der Waals surface area contributed by atoms with Gasteiger partial charge in [-0.3, -0.25) is 4.57 Å². The van der Waals surface area contributed by atoms with Gasteiger partial charge in [0.25, 0.3) is 0 Å². The summed E-state index contributed by atoms with van der Waals surface area (Å²) in [7, 11) is 3.73. The van der Waals surface area contributed by atoms with E-state index in [4.69, 9.17) is 9.84 Å². The molecule has 1 saturated heterocycles. The van der Waals surface area contributed by atoms with Gasteiger partial charge in [0.05, 0.1) is 12.9 Å². The number of rotatable bonds is 3. The molecule has 0 spiro atoms. The van der Waals surface area contributed by atoms with Crippen LogP contribution in [0.2, 0.25) is 0 Å². The summed E-state index contributed by atoms with van der Waals surface area (Å²) >= 11 is 0. The van der Waals surface area contributed by atoms with Crippen molar-refractivity contribution in [3.05, 3.63) is 12.7 Å². The van der Waals surface area contributed by atoms with Crippen LogP contribution in [0.1, 0.15) is 12.6 Å². The molecule has 0 amide bonds. The average Bonchev–Trinajstić information content (AvgIpc) is 3.01. The van der Waals surface area contributed by atoms with E-state index in [1.54, 1.807) is 10.9 Å². The maximum absolute atomic E-state index is 13.7. The van der Waals surface area contributed by atoms with Crippen LogP contribution in [0.4, 0.5) is 10.2 Å². The molecule has 2 aromatic heterocycles. The molecule has 2 aromatic rings. The van der Waals surface area contributed by atoms with E-state index < -0.39 is 18.5 Å². The van der Waals surface area contributed by atoms with Crippen molar-refractivity contribution in [3.8, 4) is 0 Å². The number of imidazole rings is 1. The minimum atomic E-state index is -1.18. The number of aromatic nitrogens is 4. The van der Waals surface area contributed by atoms with Crippen LogP contribution >= 0.6 is 0 Å². The Morgan fingerprint density at radius 3 is 2.90 bits per heavy atom. The normalized spacial score (nSPS) is 26.3. The second kappa shape index (κ2) is 4.95. The molecule has 0 aromatic carbocycles. The standard InChI is InChI=1S/C12H16FN5O2/c1-17(2)11-10-12(15-5-14-11)18(6-16-10)9-3-7(13)8(4-19)20-9/h5-9,19H,3-4H2,1-2H3/t7-,8+,9+/m0/s1. The molecule has 3 atom stereocenters. The molecule has 3 heterocycles. The van der Waals surface area contributed by atoms with E-state index in [0.717, 1.165) is 0 Å². The zero-order valence-corrected chi connectivity index (χ0v) is 11.3. The minimum Gasteiger partial charge on any atom is -0.394 e. The van der Waals surface area contributed by atoms with E-state index in [1.165, 1.54) is 6.33 Å². The molecule has 1 aliphatic rings. The first kappa shape index (κ1) is 13.2. The molecule has 0 aliphatic carbocycles. The lowest BCUT2D eigenvalue weighted by atomic mass is 10.2. The van der Waals surface area contributed by atoms with Gasteiger partial charge in [0, 0.05) is 20.5 Å². The lowest BCUT2D eigenvalue weighted by Crippen LogP contribution is -2.21. The maximum Gasteiger partial charge on any atom is 0.167 e. The summed E-state index contributed by atoms with van der Waals surface area (Å²) in [4.78, 5) is 14.5. The van der Waals surface area contributed by atoms with E-state index in [1.807, 2.05) is 19.0 Å². The number of anilines is 1. The Kier molecular flexibility index (Phi) is 3.27. The van der Waals surface area contributed by atoms with Crippen molar-refractivity contribution in [2.75, 3.05) is 25.6 Å². The number of aliphatic hydroxyl groups excluding tert-OH is 1. The predicted octanol–water partition coefficient (Wildman–Crippen LogP) is 0.510. The fourth-order valence-corrected chi connectivity index (χ4v) is 2.40. The molecule has 0 unspecified atom stereocenters. The molecular formula is C12H16FN5O2. The second-order valence-electron chi connectivity index (χ2n) is 4.98. The van der Waals surface area contributed by atoms with Gasteiger partial charge in [0.15, 0.2) is 17.0 Å². The van der Waals surface area contributed by atoms with Gasteiger partial charge in [-0.05, 0) is 0 Å². The van der Waals surface area contributed by atoms with Crippen molar-refractivity contribution in [2.45, 2.75) is 24.9 Å². The minimum absolute atomic E-state index is 0.179. The van der Waals surface area contributed by atoms with Gasteiger partial charge in [-0.1, -0.05) is 0 Å². The number of hydrogen-bond donors (Lipinski definition) is 1. The molecule has 20 heavy (non-hydrogen) atoms. The van der Waals surface area contributed by atoms with Crippen molar-refractivity contribution >= 4 is 17.0 Å². The number of halogens is 1. The predicted molar refractivity (Wildman–Crippen MR) is 70.2 cm³/mol. The third-order valence-corrected chi connectivity index (χ3v) is 3.42. The molecule has 8 heteroatoms. The van der Waals surface area contributed by atoms with E-state index in [-0.39, 0.29) is 13.0 Å². The number of aliphatic hydroxyl groups is 1. The number of hydrogen-bond acceptors (Lipinski definition) is 6. The van der Waals surface area contributed by atoms with Crippen LogP contribution in [0, 0.1) is 0 Å². The van der Waals surface area contributed by atoms with Crippen LogP contribution < -0.4 is 4.90 Å². The lowest BCUT2D eigenvalue weighted by molar-refractivity contribution is -0.0323. The SMILES string of the molecule is CN(C)c1ncnc2c1ncn2[C@H]1C[C@H](F)[C@@H](CO)O1. The zero-order valence-electron chi connectivity index (χ0n) is 11.3. The first-order valence-corrected chi connectivity index (χ1v) is 6.37. The van der Waals surface area contributed by atoms with Crippen LogP contribution in [0.15, 0.2) is 12.7 Å². The number of ether oxygens (including phenoxy) is 1. The lowest BCUT2D eigenvalue weighted by Gasteiger charge is -2.14. The summed E-state index contributed by atoms with van der Waals surface area (Å²) < 4.78 is 20.9. The summed E-state index contributed by atoms with van der Waals surface area (Å²) in [6.45, 7) is -0.331. The molecule has 0 saturated carbocycles. The highest BCUT2D eigenvalue weighted by atomic mass is 19.1. The van der Waals surface area contributed by atoms with Crippen LogP contribution in [-0.4, -0.2) is 57.6 Å². The highest BCUT2D eigenvalue weighted by Gasteiger charge is 2.36. The van der Waals surface area contributed by atoms with Crippen LogP contribution in [0.3, 0.4) is 0 Å². The quantitative estimate of drug-likeness (QED) is 0.883. The second-order valence-corrected chi connectivity index (χ2v) is 4.98. The smallest absolute Gasteiger partial charge is 0.167 e. The topological polar surface area (TPSA) is 76.3 Å². The van der Waals surface area contributed by atoms with Gasteiger partial charge in [-0.25, -0.2) is 19.3 Å². The fourth-order valence-electron chi connectivity index (χ4n) is 2.40. The summed E-state index contributed by atoms with van der Waals surface area (Å²) in [6, 6.07) is 0. The largest absolute Gasteiger partial charge is 0.394 e. The van der Waals surface area contributed by atoms with Gasteiger partial charge in [-0.15, -0.1) is 0 Å². The Hall–Kier alpha value is -1.80. The molecule has 7 nitrogen and oxygen atoms in total. The molecule has 3 rings (SSSR count). The summed E-state index contributed by atoms with van der Waals surface area (Å²) in [5.74, 6) is 0.697. The van der Waals surface area contributed by atoms with Gasteiger partial charge in [0.1, 0.15) is 24.8 Å². The maximum atomic E-state index is 13.7. The molecule has 1 aliphatic heterocycles. The zero-order chi connectivity index (χ0) is 14.3. The summed E-state index contributed by atoms with van der Waals surface area (Å²) in [5, 5.41) is 9.06. The molecule has 0 bridgehead atoms. The Labute approximate surface area is 115 Å². The van der Waals surface area contributed by atoms with Crippen LogP contribution in [-0.2, 0) is 4.74 Å². The van der Waals surface area contributed by atoms with Crippen molar-refractivity contribution < 1.29 is 14.2 Å². The first-order valence-electron chi connectivity index (χ1n) is 6.37.